The van der Waals surface area contributed by atoms with Gasteiger partial charge in [-0.2, -0.15) is 0 Å². The second kappa shape index (κ2) is 2.68. The van der Waals surface area contributed by atoms with Gasteiger partial charge in [-0.05, 0) is 12.1 Å². The summed E-state index contributed by atoms with van der Waals surface area (Å²) in [6, 6.07) is 4.04. The Morgan fingerprint density at radius 3 is 3.07 bits per heavy atom. The summed E-state index contributed by atoms with van der Waals surface area (Å²) < 4.78 is 1.78. The summed E-state index contributed by atoms with van der Waals surface area (Å²) in [5.41, 5.74) is 1.50. The van der Waals surface area contributed by atoms with Gasteiger partial charge in [-0.15, -0.1) is 0 Å². The molecule has 72 valence electrons. The van der Waals surface area contributed by atoms with Crippen LogP contribution >= 0.6 is 0 Å². The number of aromatic amines is 1. The summed E-state index contributed by atoms with van der Waals surface area (Å²) >= 11 is 0. The molecule has 0 spiro atoms. The predicted octanol–water partition coefficient (Wildman–Crippen LogP) is -0.131. The fourth-order valence-electron chi connectivity index (χ4n) is 1.78. The molecule has 0 radical (unpaired) electrons. The number of fused-ring (bicyclic) bond motifs is 1. The van der Waals surface area contributed by atoms with Crippen molar-refractivity contribution in [2.75, 3.05) is 13.1 Å². The van der Waals surface area contributed by atoms with Crippen molar-refractivity contribution in [3.05, 3.63) is 28.8 Å². The molecule has 0 aromatic carbocycles. The summed E-state index contributed by atoms with van der Waals surface area (Å²) in [6.45, 7) is 1.73. The van der Waals surface area contributed by atoms with Gasteiger partial charge < -0.3 is 5.32 Å². The van der Waals surface area contributed by atoms with E-state index in [9.17, 15) is 4.79 Å². The van der Waals surface area contributed by atoms with Crippen LogP contribution in [0.2, 0.25) is 0 Å². The van der Waals surface area contributed by atoms with Crippen molar-refractivity contribution in [3.63, 3.8) is 0 Å². The van der Waals surface area contributed by atoms with Crippen molar-refractivity contribution in [1.29, 1.82) is 0 Å². The van der Waals surface area contributed by atoms with Crippen molar-refractivity contribution < 1.29 is 0 Å². The lowest BCUT2D eigenvalue weighted by Crippen LogP contribution is -2.46. The minimum atomic E-state index is -0.0646. The maximum Gasteiger partial charge on any atom is 0.328 e. The zero-order valence-corrected chi connectivity index (χ0v) is 7.53. The van der Waals surface area contributed by atoms with E-state index in [1.54, 1.807) is 10.8 Å². The van der Waals surface area contributed by atoms with Crippen LogP contribution in [0.5, 0.6) is 0 Å². The number of hydrogen-bond donors (Lipinski definition) is 2. The van der Waals surface area contributed by atoms with E-state index in [0.717, 1.165) is 18.6 Å². The molecule has 1 saturated heterocycles. The standard InChI is InChI=1S/C9H10N4O/c14-9-12-8-7(2-1-3-11-8)13(9)6-4-10-5-6/h1-3,6,10H,4-5H2,(H,11,12,14). The third-order valence-electron chi connectivity index (χ3n) is 2.62. The highest BCUT2D eigenvalue weighted by Crippen LogP contribution is 2.15. The fourth-order valence-corrected chi connectivity index (χ4v) is 1.78. The molecule has 0 amide bonds. The smallest absolute Gasteiger partial charge is 0.313 e. The van der Waals surface area contributed by atoms with E-state index >= 15 is 0 Å². The Hall–Kier alpha value is -1.62. The number of aromatic nitrogens is 3. The van der Waals surface area contributed by atoms with E-state index in [1.807, 2.05) is 12.1 Å². The first-order chi connectivity index (χ1) is 6.86. The first kappa shape index (κ1) is 7.75. The van der Waals surface area contributed by atoms with Crippen LogP contribution in [0.15, 0.2) is 23.1 Å². The number of H-pyrrole nitrogens is 1. The van der Waals surface area contributed by atoms with E-state index < -0.39 is 0 Å². The monoisotopic (exact) mass is 190 g/mol. The lowest BCUT2D eigenvalue weighted by Gasteiger charge is -2.27. The van der Waals surface area contributed by atoms with Crippen molar-refractivity contribution in [2.45, 2.75) is 6.04 Å². The molecular formula is C9H10N4O. The number of nitrogens with zero attached hydrogens (tertiary/aromatic N) is 2. The van der Waals surface area contributed by atoms with Crippen LogP contribution in [0.1, 0.15) is 6.04 Å². The minimum absolute atomic E-state index is 0.0646. The first-order valence-corrected chi connectivity index (χ1v) is 4.62. The summed E-state index contributed by atoms with van der Waals surface area (Å²) in [5, 5.41) is 3.15. The minimum Gasteiger partial charge on any atom is -0.313 e. The Kier molecular flexibility index (Phi) is 1.49. The molecule has 0 bridgehead atoms. The molecule has 5 heteroatoms. The van der Waals surface area contributed by atoms with Gasteiger partial charge in [-0.1, -0.05) is 0 Å². The Labute approximate surface area is 79.8 Å². The molecule has 1 aliphatic rings. The second-order valence-electron chi connectivity index (χ2n) is 3.48. The quantitative estimate of drug-likeness (QED) is 0.658. The lowest BCUT2D eigenvalue weighted by molar-refractivity contribution is 0.344. The maximum absolute atomic E-state index is 11.6. The Morgan fingerprint density at radius 2 is 2.36 bits per heavy atom. The van der Waals surface area contributed by atoms with Crippen LogP contribution in [0, 0.1) is 0 Å². The molecule has 1 fully saturated rings. The normalized spacial score (nSPS) is 17.1. The third-order valence-corrected chi connectivity index (χ3v) is 2.62. The summed E-state index contributed by atoms with van der Waals surface area (Å²) in [6.07, 6.45) is 1.68. The van der Waals surface area contributed by atoms with Gasteiger partial charge in [0.15, 0.2) is 5.65 Å². The van der Waals surface area contributed by atoms with Gasteiger partial charge in [-0.25, -0.2) is 9.78 Å². The number of imidazole rings is 1. The van der Waals surface area contributed by atoms with E-state index in [0.29, 0.717) is 5.65 Å². The molecule has 0 saturated carbocycles. The molecule has 5 nitrogen and oxygen atoms in total. The van der Waals surface area contributed by atoms with Crippen LogP contribution in [0.3, 0.4) is 0 Å². The predicted molar refractivity (Wildman–Crippen MR) is 52.3 cm³/mol. The van der Waals surface area contributed by atoms with Crippen molar-refractivity contribution >= 4 is 11.2 Å². The lowest BCUT2D eigenvalue weighted by atomic mass is 10.2. The average Bonchev–Trinajstić information content (AvgIpc) is 2.41. The molecule has 0 aliphatic carbocycles. The number of hydrogen-bond acceptors (Lipinski definition) is 3. The largest absolute Gasteiger partial charge is 0.328 e. The molecule has 2 N–H and O–H groups in total. The molecule has 2 aromatic heterocycles. The van der Waals surface area contributed by atoms with Gasteiger partial charge >= 0.3 is 5.69 Å². The van der Waals surface area contributed by atoms with Gasteiger partial charge in [0.05, 0.1) is 11.6 Å². The topological polar surface area (TPSA) is 62.7 Å². The number of rotatable bonds is 1. The van der Waals surface area contributed by atoms with Gasteiger partial charge in [0.25, 0.3) is 0 Å². The van der Waals surface area contributed by atoms with Crippen LogP contribution in [0.25, 0.3) is 11.2 Å². The van der Waals surface area contributed by atoms with E-state index in [4.69, 9.17) is 0 Å². The zero-order chi connectivity index (χ0) is 9.54. The van der Waals surface area contributed by atoms with E-state index in [2.05, 4.69) is 15.3 Å². The SMILES string of the molecule is O=c1[nH]c2ncccc2n1C1CNC1. The van der Waals surface area contributed by atoms with Crippen LogP contribution in [-0.4, -0.2) is 27.6 Å². The van der Waals surface area contributed by atoms with Crippen molar-refractivity contribution in [2.24, 2.45) is 0 Å². The highest BCUT2D eigenvalue weighted by atomic mass is 16.1. The molecule has 0 unspecified atom stereocenters. The Morgan fingerprint density at radius 1 is 1.50 bits per heavy atom. The first-order valence-electron chi connectivity index (χ1n) is 4.62. The molecule has 1 aliphatic heterocycles. The summed E-state index contributed by atoms with van der Waals surface area (Å²) in [5.74, 6) is 0. The molecule has 14 heavy (non-hydrogen) atoms. The number of nitrogens with one attached hydrogen (secondary N) is 2. The molecule has 0 atom stereocenters. The van der Waals surface area contributed by atoms with Gasteiger partial charge in [0.2, 0.25) is 0 Å². The van der Waals surface area contributed by atoms with Crippen LogP contribution < -0.4 is 11.0 Å². The van der Waals surface area contributed by atoms with Gasteiger partial charge in [-0.3, -0.25) is 9.55 Å². The van der Waals surface area contributed by atoms with Crippen LogP contribution in [0.4, 0.5) is 0 Å². The Bertz CT molecular complexity index is 523. The Balaban J connectivity index is 2.29. The molecule has 3 rings (SSSR count). The van der Waals surface area contributed by atoms with Gasteiger partial charge in [0, 0.05) is 19.3 Å². The average molecular weight is 190 g/mol. The molecule has 3 heterocycles. The van der Waals surface area contributed by atoms with Gasteiger partial charge in [0.1, 0.15) is 0 Å². The number of pyridine rings is 1. The third kappa shape index (κ3) is 0.927. The van der Waals surface area contributed by atoms with E-state index in [1.165, 1.54) is 0 Å². The van der Waals surface area contributed by atoms with Crippen molar-refractivity contribution in [1.82, 2.24) is 19.9 Å². The highest BCUT2D eigenvalue weighted by molar-refractivity contribution is 5.70. The molecule has 2 aromatic rings. The molecular weight excluding hydrogens is 180 g/mol. The highest BCUT2D eigenvalue weighted by Gasteiger charge is 2.22. The zero-order valence-electron chi connectivity index (χ0n) is 7.53. The van der Waals surface area contributed by atoms with E-state index in [-0.39, 0.29) is 11.7 Å². The second-order valence-corrected chi connectivity index (χ2v) is 3.48. The fraction of sp³-hybridized carbons (Fsp3) is 0.333. The summed E-state index contributed by atoms with van der Waals surface area (Å²) in [7, 11) is 0. The summed E-state index contributed by atoms with van der Waals surface area (Å²) in [4.78, 5) is 18.5. The van der Waals surface area contributed by atoms with Crippen molar-refractivity contribution in [3.8, 4) is 0 Å². The maximum atomic E-state index is 11.6. The van der Waals surface area contributed by atoms with Crippen LogP contribution in [-0.2, 0) is 0 Å².